The first-order chi connectivity index (χ1) is 9.60. The van der Waals surface area contributed by atoms with Gasteiger partial charge in [-0.1, -0.05) is 13.8 Å². The molecule has 20 heavy (non-hydrogen) atoms. The summed E-state index contributed by atoms with van der Waals surface area (Å²) in [5, 5.41) is 2.85. The molecule has 2 rings (SSSR count). The number of hydrogen-bond acceptors (Lipinski definition) is 3. The average molecular weight is 275 g/mol. The SMILES string of the molecule is CC[C@H](N)C(=O)Nc1ccc(N2CCC(C)CC2)cc1. The van der Waals surface area contributed by atoms with Gasteiger partial charge in [0, 0.05) is 24.5 Å². The summed E-state index contributed by atoms with van der Waals surface area (Å²) >= 11 is 0. The number of benzene rings is 1. The maximum atomic E-state index is 11.7. The van der Waals surface area contributed by atoms with Crippen molar-refractivity contribution in [1.29, 1.82) is 0 Å². The van der Waals surface area contributed by atoms with Crippen LogP contribution in [0.3, 0.4) is 0 Å². The molecule has 0 saturated carbocycles. The fraction of sp³-hybridized carbons (Fsp3) is 0.562. The van der Waals surface area contributed by atoms with Gasteiger partial charge in [0.2, 0.25) is 5.91 Å². The summed E-state index contributed by atoms with van der Waals surface area (Å²) in [6.07, 6.45) is 3.16. The number of carbonyl (C=O) groups is 1. The molecular weight excluding hydrogens is 250 g/mol. The summed E-state index contributed by atoms with van der Waals surface area (Å²) < 4.78 is 0. The number of rotatable bonds is 4. The van der Waals surface area contributed by atoms with Crippen LogP contribution < -0.4 is 16.0 Å². The fourth-order valence-electron chi connectivity index (χ4n) is 2.44. The van der Waals surface area contributed by atoms with E-state index in [2.05, 4.69) is 29.3 Å². The minimum atomic E-state index is -0.432. The van der Waals surface area contributed by atoms with Crippen LogP contribution in [-0.4, -0.2) is 25.0 Å². The Morgan fingerprint density at radius 3 is 2.50 bits per heavy atom. The lowest BCUT2D eigenvalue weighted by Gasteiger charge is -2.32. The van der Waals surface area contributed by atoms with Gasteiger partial charge in [0.1, 0.15) is 0 Å². The van der Waals surface area contributed by atoms with E-state index < -0.39 is 6.04 Å². The van der Waals surface area contributed by atoms with Gasteiger partial charge in [0.15, 0.2) is 0 Å². The molecule has 0 aliphatic carbocycles. The minimum absolute atomic E-state index is 0.118. The Morgan fingerprint density at radius 2 is 1.95 bits per heavy atom. The summed E-state index contributed by atoms with van der Waals surface area (Å²) in [5.41, 5.74) is 7.75. The first kappa shape index (κ1) is 14.9. The van der Waals surface area contributed by atoms with Gasteiger partial charge in [-0.05, 0) is 49.4 Å². The molecule has 0 unspecified atom stereocenters. The van der Waals surface area contributed by atoms with Gasteiger partial charge in [0.25, 0.3) is 0 Å². The minimum Gasteiger partial charge on any atom is -0.372 e. The third-order valence-electron chi connectivity index (χ3n) is 4.06. The molecule has 0 spiro atoms. The van der Waals surface area contributed by atoms with Gasteiger partial charge in [0.05, 0.1) is 6.04 Å². The van der Waals surface area contributed by atoms with Crippen molar-refractivity contribution in [3.05, 3.63) is 24.3 Å². The largest absolute Gasteiger partial charge is 0.372 e. The molecule has 0 radical (unpaired) electrons. The molecule has 1 atom stereocenters. The molecule has 1 saturated heterocycles. The fourth-order valence-corrected chi connectivity index (χ4v) is 2.44. The number of amides is 1. The number of nitrogens with two attached hydrogens (primary N) is 1. The average Bonchev–Trinajstić information content (AvgIpc) is 2.48. The van der Waals surface area contributed by atoms with Crippen LogP contribution in [0.1, 0.15) is 33.1 Å². The van der Waals surface area contributed by atoms with Crippen molar-refractivity contribution < 1.29 is 4.79 Å². The molecule has 4 heteroatoms. The van der Waals surface area contributed by atoms with Crippen LogP contribution >= 0.6 is 0 Å². The molecule has 0 bridgehead atoms. The molecule has 1 aliphatic rings. The monoisotopic (exact) mass is 275 g/mol. The number of nitrogens with zero attached hydrogens (tertiary/aromatic N) is 1. The highest BCUT2D eigenvalue weighted by molar-refractivity contribution is 5.94. The highest BCUT2D eigenvalue weighted by Gasteiger charge is 2.16. The Bertz CT molecular complexity index is 436. The lowest BCUT2D eigenvalue weighted by molar-refractivity contribution is -0.117. The van der Waals surface area contributed by atoms with Gasteiger partial charge >= 0.3 is 0 Å². The second-order valence-corrected chi connectivity index (χ2v) is 5.72. The van der Waals surface area contributed by atoms with Crippen molar-refractivity contribution >= 4 is 17.3 Å². The molecular formula is C16H25N3O. The molecule has 1 aliphatic heterocycles. The van der Waals surface area contributed by atoms with Crippen LogP contribution in [0, 0.1) is 5.92 Å². The van der Waals surface area contributed by atoms with Crippen molar-refractivity contribution in [2.45, 2.75) is 39.2 Å². The molecule has 4 nitrogen and oxygen atoms in total. The molecule has 1 amide bonds. The summed E-state index contributed by atoms with van der Waals surface area (Å²) in [6, 6.07) is 7.62. The standard InChI is InChI=1S/C16H25N3O/c1-3-15(17)16(20)18-13-4-6-14(7-5-13)19-10-8-12(2)9-11-19/h4-7,12,15H,3,8-11,17H2,1-2H3,(H,18,20)/t15-/m0/s1. The van der Waals surface area contributed by atoms with Crippen molar-refractivity contribution in [1.82, 2.24) is 0 Å². The molecule has 3 N–H and O–H groups in total. The van der Waals surface area contributed by atoms with E-state index in [1.54, 1.807) is 0 Å². The Balaban J connectivity index is 1.94. The lowest BCUT2D eigenvalue weighted by Crippen LogP contribution is -2.35. The Hall–Kier alpha value is -1.55. The van der Waals surface area contributed by atoms with E-state index in [1.807, 2.05) is 19.1 Å². The molecule has 1 aromatic rings. The van der Waals surface area contributed by atoms with Crippen LogP contribution in [0.15, 0.2) is 24.3 Å². The maximum Gasteiger partial charge on any atom is 0.241 e. The number of piperidine rings is 1. The molecule has 0 aromatic heterocycles. The normalized spacial score (nSPS) is 17.9. The van der Waals surface area contributed by atoms with Gasteiger partial charge in [-0.25, -0.2) is 0 Å². The first-order valence-electron chi connectivity index (χ1n) is 7.51. The van der Waals surface area contributed by atoms with Crippen molar-refractivity contribution in [3.63, 3.8) is 0 Å². The van der Waals surface area contributed by atoms with Gasteiger partial charge < -0.3 is 16.0 Å². The smallest absolute Gasteiger partial charge is 0.241 e. The second-order valence-electron chi connectivity index (χ2n) is 5.72. The maximum absolute atomic E-state index is 11.7. The predicted octanol–water partition coefficient (Wildman–Crippen LogP) is 2.60. The van der Waals surface area contributed by atoms with Crippen LogP contribution in [-0.2, 0) is 4.79 Å². The van der Waals surface area contributed by atoms with E-state index in [0.717, 1.165) is 24.7 Å². The van der Waals surface area contributed by atoms with E-state index in [4.69, 9.17) is 5.73 Å². The predicted molar refractivity (Wildman–Crippen MR) is 83.9 cm³/mol. The number of nitrogens with one attached hydrogen (secondary N) is 1. The zero-order valence-corrected chi connectivity index (χ0v) is 12.4. The van der Waals surface area contributed by atoms with E-state index in [0.29, 0.717) is 6.42 Å². The van der Waals surface area contributed by atoms with Crippen molar-refractivity contribution in [2.24, 2.45) is 11.7 Å². The Kier molecular flexibility index (Phi) is 5.01. The third kappa shape index (κ3) is 3.73. The third-order valence-corrected chi connectivity index (χ3v) is 4.06. The summed E-state index contributed by atoms with van der Waals surface area (Å²) in [4.78, 5) is 14.1. The van der Waals surface area contributed by atoms with Crippen molar-refractivity contribution in [2.75, 3.05) is 23.3 Å². The quantitative estimate of drug-likeness (QED) is 0.888. The van der Waals surface area contributed by atoms with Gasteiger partial charge in [-0.2, -0.15) is 0 Å². The molecule has 1 fully saturated rings. The highest BCUT2D eigenvalue weighted by Crippen LogP contribution is 2.24. The highest BCUT2D eigenvalue weighted by atomic mass is 16.2. The van der Waals surface area contributed by atoms with Crippen LogP contribution in [0.5, 0.6) is 0 Å². The topological polar surface area (TPSA) is 58.4 Å². The summed E-state index contributed by atoms with van der Waals surface area (Å²) in [6.45, 7) is 6.46. The zero-order valence-electron chi connectivity index (χ0n) is 12.4. The summed E-state index contributed by atoms with van der Waals surface area (Å²) in [7, 11) is 0. The summed E-state index contributed by atoms with van der Waals surface area (Å²) in [5.74, 6) is 0.715. The second kappa shape index (κ2) is 6.75. The van der Waals surface area contributed by atoms with Crippen LogP contribution in [0.2, 0.25) is 0 Å². The molecule has 110 valence electrons. The van der Waals surface area contributed by atoms with E-state index >= 15 is 0 Å². The Labute approximate surface area is 121 Å². The molecule has 1 heterocycles. The zero-order chi connectivity index (χ0) is 14.5. The van der Waals surface area contributed by atoms with E-state index in [-0.39, 0.29) is 5.91 Å². The number of anilines is 2. The van der Waals surface area contributed by atoms with Gasteiger partial charge in [-0.15, -0.1) is 0 Å². The number of carbonyl (C=O) groups excluding carboxylic acids is 1. The molecule has 1 aromatic carbocycles. The lowest BCUT2D eigenvalue weighted by atomic mass is 9.99. The van der Waals surface area contributed by atoms with E-state index in [1.165, 1.54) is 18.5 Å². The van der Waals surface area contributed by atoms with Crippen LogP contribution in [0.25, 0.3) is 0 Å². The van der Waals surface area contributed by atoms with E-state index in [9.17, 15) is 4.79 Å². The van der Waals surface area contributed by atoms with Crippen LogP contribution in [0.4, 0.5) is 11.4 Å². The number of hydrogen-bond donors (Lipinski definition) is 2. The first-order valence-corrected chi connectivity index (χ1v) is 7.51. The Morgan fingerprint density at radius 1 is 1.35 bits per heavy atom. The van der Waals surface area contributed by atoms with Gasteiger partial charge in [-0.3, -0.25) is 4.79 Å². The van der Waals surface area contributed by atoms with Crippen molar-refractivity contribution in [3.8, 4) is 0 Å².